The van der Waals surface area contributed by atoms with Crippen molar-refractivity contribution in [3.8, 4) is 0 Å². The molecule has 2 aromatic rings. The van der Waals surface area contributed by atoms with E-state index in [0.717, 1.165) is 15.6 Å². The van der Waals surface area contributed by atoms with E-state index in [1.807, 2.05) is 43.3 Å². The summed E-state index contributed by atoms with van der Waals surface area (Å²) in [6.45, 7) is 1.93. The molecule has 2 rings (SSSR count). The molecule has 0 atom stereocenters. The smallest absolute Gasteiger partial charge is 0.167 e. The highest BCUT2D eigenvalue weighted by Crippen LogP contribution is 2.17. The molecule has 0 bridgehead atoms. The topological polar surface area (TPSA) is 43.1 Å². The minimum absolute atomic E-state index is 0.0831. The number of hydrogen-bond acceptors (Lipinski definition) is 2. The van der Waals surface area contributed by atoms with Gasteiger partial charge in [-0.1, -0.05) is 40.2 Å². The van der Waals surface area contributed by atoms with Gasteiger partial charge in [0.05, 0.1) is 0 Å². The first kappa shape index (κ1) is 12.8. The summed E-state index contributed by atoms with van der Waals surface area (Å²) < 4.78 is 0.983. The van der Waals surface area contributed by atoms with E-state index in [0.29, 0.717) is 17.7 Å². The molecular weight excluding hydrogens is 290 g/mol. The molecule has 0 aromatic heterocycles. The molecule has 2 N–H and O–H groups in total. The molecule has 92 valence electrons. The summed E-state index contributed by atoms with van der Waals surface area (Å²) >= 11 is 3.40. The van der Waals surface area contributed by atoms with Crippen molar-refractivity contribution in [2.75, 3.05) is 5.73 Å². The van der Waals surface area contributed by atoms with Gasteiger partial charge in [-0.25, -0.2) is 0 Å². The molecule has 3 heteroatoms. The number of anilines is 1. The fourth-order valence-electron chi connectivity index (χ4n) is 1.75. The van der Waals surface area contributed by atoms with Gasteiger partial charge in [0.15, 0.2) is 5.78 Å². The fourth-order valence-corrected chi connectivity index (χ4v) is 2.19. The lowest BCUT2D eigenvalue weighted by Crippen LogP contribution is -2.04. The Balaban J connectivity index is 2.19. The highest BCUT2D eigenvalue weighted by molar-refractivity contribution is 9.10. The number of ketones is 1. The number of nitrogens with two attached hydrogens (primary N) is 1. The number of Topliss-reactive ketones (excluding diaryl/α,β-unsaturated/α-hetero) is 1. The van der Waals surface area contributed by atoms with Gasteiger partial charge in [0.25, 0.3) is 0 Å². The van der Waals surface area contributed by atoms with Crippen molar-refractivity contribution >= 4 is 27.4 Å². The highest BCUT2D eigenvalue weighted by atomic mass is 79.9. The van der Waals surface area contributed by atoms with Crippen LogP contribution in [0.15, 0.2) is 46.9 Å². The number of carbonyl (C=O) groups excluding carboxylic acids is 1. The summed E-state index contributed by atoms with van der Waals surface area (Å²) in [5.74, 6) is 0.0831. The van der Waals surface area contributed by atoms with Crippen LogP contribution in [0.2, 0.25) is 0 Å². The Labute approximate surface area is 115 Å². The molecule has 0 saturated heterocycles. The third-order valence-corrected chi connectivity index (χ3v) is 3.35. The van der Waals surface area contributed by atoms with Crippen LogP contribution in [0.1, 0.15) is 21.5 Å². The van der Waals surface area contributed by atoms with Crippen molar-refractivity contribution in [1.29, 1.82) is 0 Å². The predicted molar refractivity (Wildman–Crippen MR) is 77.8 cm³/mol. The predicted octanol–water partition coefficient (Wildman–Crippen LogP) is 3.77. The maximum absolute atomic E-state index is 12.1. The number of benzene rings is 2. The molecule has 0 unspecified atom stereocenters. The van der Waals surface area contributed by atoms with Crippen molar-refractivity contribution in [2.45, 2.75) is 13.3 Å². The lowest BCUT2D eigenvalue weighted by molar-refractivity contribution is 0.0993. The Morgan fingerprint density at radius 3 is 2.67 bits per heavy atom. The van der Waals surface area contributed by atoms with Crippen LogP contribution in [0, 0.1) is 6.92 Å². The van der Waals surface area contributed by atoms with Gasteiger partial charge in [0.1, 0.15) is 0 Å². The van der Waals surface area contributed by atoms with Gasteiger partial charge >= 0.3 is 0 Å². The number of halogens is 1. The van der Waals surface area contributed by atoms with E-state index in [1.54, 1.807) is 6.07 Å². The Kier molecular flexibility index (Phi) is 3.82. The summed E-state index contributed by atoms with van der Waals surface area (Å²) in [4.78, 5) is 12.1. The van der Waals surface area contributed by atoms with Crippen LogP contribution < -0.4 is 5.73 Å². The highest BCUT2D eigenvalue weighted by Gasteiger charge is 2.08. The molecule has 0 fully saturated rings. The van der Waals surface area contributed by atoms with Gasteiger partial charge in [0, 0.05) is 22.1 Å². The minimum atomic E-state index is 0.0831. The maximum Gasteiger partial charge on any atom is 0.167 e. The zero-order chi connectivity index (χ0) is 13.1. The van der Waals surface area contributed by atoms with E-state index in [4.69, 9.17) is 5.73 Å². The molecule has 0 aliphatic carbocycles. The number of nitrogen functional groups attached to an aromatic ring is 1. The standard InChI is InChI=1S/C15H14BrNO/c1-10-5-6-12(9-14(10)17)15(18)8-11-3-2-4-13(16)7-11/h2-7,9H,8,17H2,1H3. The third kappa shape index (κ3) is 2.99. The molecular formula is C15H14BrNO. The largest absolute Gasteiger partial charge is 0.398 e. The molecule has 0 spiro atoms. The summed E-state index contributed by atoms with van der Waals surface area (Å²) in [5, 5.41) is 0. The summed E-state index contributed by atoms with van der Waals surface area (Å²) in [6.07, 6.45) is 0.391. The van der Waals surface area contributed by atoms with E-state index in [-0.39, 0.29) is 5.78 Å². The first-order valence-corrected chi connectivity index (χ1v) is 6.49. The number of hydrogen-bond donors (Lipinski definition) is 1. The number of rotatable bonds is 3. The Morgan fingerprint density at radius 2 is 2.00 bits per heavy atom. The molecule has 0 saturated carbocycles. The third-order valence-electron chi connectivity index (χ3n) is 2.85. The second-order valence-electron chi connectivity index (χ2n) is 4.30. The Hall–Kier alpha value is -1.61. The van der Waals surface area contributed by atoms with Crippen LogP contribution >= 0.6 is 15.9 Å². The Bertz CT molecular complexity index is 593. The minimum Gasteiger partial charge on any atom is -0.398 e. The summed E-state index contributed by atoms with van der Waals surface area (Å²) in [5.41, 5.74) is 9.13. The van der Waals surface area contributed by atoms with E-state index >= 15 is 0 Å². The van der Waals surface area contributed by atoms with E-state index in [9.17, 15) is 4.79 Å². The fraction of sp³-hybridized carbons (Fsp3) is 0.133. The molecule has 2 aromatic carbocycles. The molecule has 0 amide bonds. The maximum atomic E-state index is 12.1. The average molecular weight is 304 g/mol. The molecule has 0 aliphatic rings. The summed E-state index contributed by atoms with van der Waals surface area (Å²) in [7, 11) is 0. The normalized spacial score (nSPS) is 10.3. The van der Waals surface area contributed by atoms with Crippen LogP contribution in [0.4, 0.5) is 5.69 Å². The second kappa shape index (κ2) is 5.36. The van der Waals surface area contributed by atoms with Crippen LogP contribution in [-0.4, -0.2) is 5.78 Å². The lowest BCUT2D eigenvalue weighted by Gasteiger charge is -2.05. The zero-order valence-corrected chi connectivity index (χ0v) is 11.7. The van der Waals surface area contributed by atoms with Crippen LogP contribution in [0.3, 0.4) is 0 Å². The number of carbonyl (C=O) groups is 1. The van der Waals surface area contributed by atoms with E-state index in [2.05, 4.69) is 15.9 Å². The van der Waals surface area contributed by atoms with Crippen molar-refractivity contribution < 1.29 is 4.79 Å². The van der Waals surface area contributed by atoms with Gasteiger partial charge in [-0.05, 0) is 36.2 Å². The van der Waals surface area contributed by atoms with Gasteiger partial charge < -0.3 is 5.73 Å². The van der Waals surface area contributed by atoms with Gasteiger partial charge in [-0.3, -0.25) is 4.79 Å². The first-order valence-electron chi connectivity index (χ1n) is 5.70. The molecule has 0 heterocycles. The van der Waals surface area contributed by atoms with Crippen molar-refractivity contribution in [2.24, 2.45) is 0 Å². The van der Waals surface area contributed by atoms with E-state index < -0.39 is 0 Å². The lowest BCUT2D eigenvalue weighted by atomic mass is 10.0. The Morgan fingerprint density at radius 1 is 1.22 bits per heavy atom. The van der Waals surface area contributed by atoms with Crippen molar-refractivity contribution in [1.82, 2.24) is 0 Å². The van der Waals surface area contributed by atoms with Gasteiger partial charge in [-0.15, -0.1) is 0 Å². The molecule has 18 heavy (non-hydrogen) atoms. The quantitative estimate of drug-likeness (QED) is 0.693. The van der Waals surface area contributed by atoms with Crippen molar-refractivity contribution in [3.05, 3.63) is 63.6 Å². The zero-order valence-electron chi connectivity index (χ0n) is 10.1. The monoisotopic (exact) mass is 303 g/mol. The molecule has 0 aliphatic heterocycles. The van der Waals surface area contributed by atoms with Crippen LogP contribution in [-0.2, 0) is 6.42 Å². The molecule has 2 nitrogen and oxygen atoms in total. The van der Waals surface area contributed by atoms with E-state index in [1.165, 1.54) is 0 Å². The van der Waals surface area contributed by atoms with Gasteiger partial charge in [0.2, 0.25) is 0 Å². The second-order valence-corrected chi connectivity index (χ2v) is 5.22. The number of aryl methyl sites for hydroxylation is 1. The average Bonchev–Trinajstić information content (AvgIpc) is 2.32. The van der Waals surface area contributed by atoms with Gasteiger partial charge in [-0.2, -0.15) is 0 Å². The van der Waals surface area contributed by atoms with Crippen LogP contribution in [0.5, 0.6) is 0 Å². The first-order chi connectivity index (χ1) is 8.56. The SMILES string of the molecule is Cc1ccc(C(=O)Cc2cccc(Br)c2)cc1N. The summed E-state index contributed by atoms with van der Waals surface area (Å²) in [6, 6.07) is 13.2. The molecule has 0 radical (unpaired) electrons. The van der Waals surface area contributed by atoms with Crippen molar-refractivity contribution in [3.63, 3.8) is 0 Å². The van der Waals surface area contributed by atoms with Crippen LogP contribution in [0.25, 0.3) is 0 Å².